The van der Waals surface area contributed by atoms with Gasteiger partial charge in [-0.15, -0.1) is 0 Å². The molecule has 0 fully saturated rings. The van der Waals surface area contributed by atoms with E-state index in [9.17, 15) is 13.2 Å². The predicted molar refractivity (Wildman–Crippen MR) is 52.8 cm³/mol. The van der Waals surface area contributed by atoms with Crippen LogP contribution >= 0.6 is 0 Å². The highest BCUT2D eigenvalue weighted by molar-refractivity contribution is 7.89. The summed E-state index contributed by atoms with van der Waals surface area (Å²) in [4.78, 5) is 11.1. The average molecular weight is 232 g/mol. The van der Waals surface area contributed by atoms with E-state index in [1.807, 2.05) is 0 Å². The lowest BCUT2D eigenvalue weighted by Gasteiger charge is -2.05. The van der Waals surface area contributed by atoms with Crippen LogP contribution in [0.2, 0.25) is 0 Å². The molecule has 0 unspecified atom stereocenters. The fourth-order valence-corrected chi connectivity index (χ4v) is 1.98. The monoisotopic (exact) mass is 232 g/mol. The lowest BCUT2D eigenvalue weighted by Crippen LogP contribution is -2.18. The summed E-state index contributed by atoms with van der Waals surface area (Å²) >= 11 is 0. The van der Waals surface area contributed by atoms with Gasteiger partial charge in [0.25, 0.3) is 0 Å². The van der Waals surface area contributed by atoms with Gasteiger partial charge in [0.1, 0.15) is 10.6 Å². The second-order valence-corrected chi connectivity index (χ2v) is 4.38. The van der Waals surface area contributed by atoms with E-state index < -0.39 is 16.0 Å². The highest BCUT2D eigenvalue weighted by atomic mass is 32.2. The van der Waals surface area contributed by atoms with Crippen molar-refractivity contribution in [2.24, 2.45) is 5.14 Å². The Morgan fingerprint density at radius 3 is 2.60 bits per heavy atom. The highest BCUT2D eigenvalue weighted by Gasteiger charge is 2.23. The molecular formula is C8H12N2O4S. The Hall–Kier alpha value is -1.34. The third-order valence-corrected chi connectivity index (χ3v) is 2.89. The van der Waals surface area contributed by atoms with E-state index in [0.29, 0.717) is 6.54 Å². The van der Waals surface area contributed by atoms with E-state index in [-0.39, 0.29) is 10.6 Å². The predicted octanol–water partition coefficient (Wildman–Crippen LogP) is -0.0580. The van der Waals surface area contributed by atoms with Crippen molar-refractivity contribution in [2.45, 2.75) is 18.4 Å². The molecule has 0 aliphatic heterocycles. The molecule has 0 aromatic carbocycles. The van der Waals surface area contributed by atoms with E-state index in [2.05, 4.69) is 4.74 Å². The quantitative estimate of drug-likeness (QED) is 0.739. The molecule has 84 valence electrons. The van der Waals surface area contributed by atoms with Crippen molar-refractivity contribution < 1.29 is 17.9 Å². The van der Waals surface area contributed by atoms with Crippen LogP contribution in [-0.2, 0) is 21.3 Å². The maximum Gasteiger partial charge on any atom is 0.356 e. The van der Waals surface area contributed by atoms with Crippen LogP contribution in [0.3, 0.4) is 0 Å². The molecule has 0 aliphatic rings. The molecule has 0 atom stereocenters. The van der Waals surface area contributed by atoms with Crippen LogP contribution in [0.5, 0.6) is 0 Å². The zero-order valence-electron chi connectivity index (χ0n) is 8.43. The fourth-order valence-electron chi connectivity index (χ4n) is 1.26. The first-order valence-corrected chi connectivity index (χ1v) is 5.76. The van der Waals surface area contributed by atoms with E-state index in [1.165, 1.54) is 23.9 Å². The first-order valence-electron chi connectivity index (χ1n) is 4.22. The Kier molecular flexibility index (Phi) is 3.15. The van der Waals surface area contributed by atoms with Crippen molar-refractivity contribution in [3.63, 3.8) is 0 Å². The largest absolute Gasteiger partial charge is 0.464 e. The molecule has 2 N–H and O–H groups in total. The average Bonchev–Trinajstić information content (AvgIpc) is 2.59. The molecule has 0 bridgehead atoms. The van der Waals surface area contributed by atoms with Gasteiger partial charge >= 0.3 is 5.97 Å². The molecule has 1 rings (SSSR count). The molecule has 0 saturated heterocycles. The Morgan fingerprint density at radius 2 is 2.20 bits per heavy atom. The Morgan fingerprint density at radius 1 is 1.60 bits per heavy atom. The molecule has 0 saturated carbocycles. The molecular weight excluding hydrogens is 220 g/mol. The van der Waals surface area contributed by atoms with Crippen molar-refractivity contribution in [1.29, 1.82) is 0 Å². The van der Waals surface area contributed by atoms with Gasteiger partial charge in [-0.2, -0.15) is 0 Å². The Balaban J connectivity index is 3.43. The maximum absolute atomic E-state index is 11.4. The molecule has 6 nitrogen and oxygen atoms in total. The summed E-state index contributed by atoms with van der Waals surface area (Å²) < 4.78 is 28.3. The number of sulfonamides is 1. The van der Waals surface area contributed by atoms with E-state index in [0.717, 1.165) is 0 Å². The number of carbonyl (C=O) groups excluding carboxylic acids is 1. The third-order valence-electron chi connectivity index (χ3n) is 1.95. The number of primary sulfonamides is 1. The van der Waals surface area contributed by atoms with E-state index in [4.69, 9.17) is 5.14 Å². The first-order chi connectivity index (χ1) is 6.91. The lowest BCUT2D eigenvalue weighted by molar-refractivity contribution is 0.0584. The summed E-state index contributed by atoms with van der Waals surface area (Å²) in [5, 5.41) is 4.97. The zero-order valence-corrected chi connectivity index (χ0v) is 9.24. The number of aromatic nitrogens is 1. The van der Waals surface area contributed by atoms with Crippen LogP contribution in [0.15, 0.2) is 17.2 Å². The molecule has 0 spiro atoms. The van der Waals surface area contributed by atoms with Gasteiger partial charge in [0.2, 0.25) is 10.0 Å². The highest BCUT2D eigenvalue weighted by Crippen LogP contribution is 2.16. The van der Waals surface area contributed by atoms with Crippen molar-refractivity contribution in [1.82, 2.24) is 4.57 Å². The van der Waals surface area contributed by atoms with Gasteiger partial charge in [-0.05, 0) is 13.0 Å². The summed E-state index contributed by atoms with van der Waals surface area (Å²) in [6, 6.07) is 1.28. The van der Waals surface area contributed by atoms with Crippen molar-refractivity contribution in [3.8, 4) is 0 Å². The second-order valence-electron chi connectivity index (χ2n) is 2.85. The van der Waals surface area contributed by atoms with Crippen molar-refractivity contribution in [2.75, 3.05) is 7.11 Å². The lowest BCUT2D eigenvalue weighted by atomic mass is 10.4. The first kappa shape index (κ1) is 11.7. The molecule has 0 amide bonds. The van der Waals surface area contributed by atoms with Crippen LogP contribution in [0.1, 0.15) is 17.4 Å². The molecule has 15 heavy (non-hydrogen) atoms. The van der Waals surface area contributed by atoms with Gasteiger partial charge in [0.05, 0.1) is 7.11 Å². The number of rotatable bonds is 3. The molecule has 0 radical (unpaired) electrons. The van der Waals surface area contributed by atoms with Gasteiger partial charge in [-0.3, -0.25) is 0 Å². The number of carbonyl (C=O) groups is 1. The molecule has 1 heterocycles. The normalized spacial score (nSPS) is 11.4. The van der Waals surface area contributed by atoms with Crippen molar-refractivity contribution in [3.05, 3.63) is 18.0 Å². The molecule has 7 heteroatoms. The number of hydrogen-bond acceptors (Lipinski definition) is 4. The minimum absolute atomic E-state index is 0.0394. The topological polar surface area (TPSA) is 91.4 Å². The van der Waals surface area contributed by atoms with Crippen molar-refractivity contribution >= 4 is 16.0 Å². The molecule has 1 aromatic rings. The van der Waals surface area contributed by atoms with Gasteiger partial charge < -0.3 is 9.30 Å². The van der Waals surface area contributed by atoms with Crippen LogP contribution < -0.4 is 5.14 Å². The van der Waals surface area contributed by atoms with Crippen LogP contribution in [-0.4, -0.2) is 26.1 Å². The summed E-state index contributed by atoms with van der Waals surface area (Å²) in [6.07, 6.45) is 1.48. The van der Waals surface area contributed by atoms with Crippen LogP contribution in [0.4, 0.5) is 0 Å². The minimum atomic E-state index is -3.90. The number of esters is 1. The molecule has 0 aliphatic carbocycles. The van der Waals surface area contributed by atoms with Gasteiger partial charge in [0, 0.05) is 12.7 Å². The smallest absolute Gasteiger partial charge is 0.356 e. The zero-order chi connectivity index (χ0) is 11.6. The molecule has 1 aromatic heterocycles. The van der Waals surface area contributed by atoms with Gasteiger partial charge in [0.15, 0.2) is 0 Å². The summed E-state index contributed by atoms with van der Waals surface area (Å²) in [7, 11) is -2.72. The van der Waals surface area contributed by atoms with Crippen LogP contribution in [0.25, 0.3) is 0 Å². The van der Waals surface area contributed by atoms with E-state index >= 15 is 0 Å². The van der Waals surface area contributed by atoms with Gasteiger partial charge in [-0.1, -0.05) is 0 Å². The second kappa shape index (κ2) is 4.03. The fraction of sp³-hybridized carbons (Fsp3) is 0.375. The standard InChI is InChI=1S/C8H12N2O4S/c1-3-10-5-4-6(15(9,12)13)7(10)8(11)14-2/h4-5H,3H2,1-2H3,(H2,9,12,13). The summed E-state index contributed by atoms with van der Waals surface area (Å²) in [5.74, 6) is -0.717. The van der Waals surface area contributed by atoms with Gasteiger partial charge in [-0.25, -0.2) is 18.4 Å². The third kappa shape index (κ3) is 2.18. The summed E-state index contributed by atoms with van der Waals surface area (Å²) in [5.41, 5.74) is -0.0394. The van der Waals surface area contributed by atoms with Crippen LogP contribution in [0, 0.1) is 0 Å². The number of aryl methyl sites for hydroxylation is 1. The SMILES string of the molecule is CCn1ccc(S(N)(=O)=O)c1C(=O)OC. The number of ether oxygens (including phenoxy) is 1. The Labute approximate surface area is 87.7 Å². The minimum Gasteiger partial charge on any atom is -0.464 e. The number of nitrogens with two attached hydrogens (primary N) is 1. The Bertz CT molecular complexity index is 475. The number of methoxy groups -OCH3 is 1. The van der Waals surface area contributed by atoms with E-state index in [1.54, 1.807) is 6.92 Å². The number of nitrogens with zero attached hydrogens (tertiary/aromatic N) is 1. The maximum atomic E-state index is 11.4. The number of hydrogen-bond donors (Lipinski definition) is 1. The summed E-state index contributed by atoms with van der Waals surface area (Å²) in [6.45, 7) is 2.24.